The lowest BCUT2D eigenvalue weighted by atomic mass is 9.84. The van der Waals surface area contributed by atoms with Gasteiger partial charge in [0, 0.05) is 17.1 Å². The van der Waals surface area contributed by atoms with Crippen molar-refractivity contribution in [2.24, 2.45) is 5.92 Å². The van der Waals surface area contributed by atoms with Crippen LogP contribution in [0.25, 0.3) is 0 Å². The van der Waals surface area contributed by atoms with Crippen LogP contribution in [0.4, 0.5) is 0 Å². The highest BCUT2D eigenvalue weighted by atomic mass is 79.9. The first-order valence-corrected chi connectivity index (χ1v) is 11.0. The molecule has 134 valence electrons. The molecule has 1 aromatic carbocycles. The zero-order valence-corrected chi connectivity index (χ0v) is 16.9. The fourth-order valence-corrected chi connectivity index (χ4v) is 5.22. The van der Waals surface area contributed by atoms with E-state index in [1.807, 2.05) is 0 Å². The van der Waals surface area contributed by atoms with Crippen LogP contribution < -0.4 is 0 Å². The van der Waals surface area contributed by atoms with Gasteiger partial charge in [0.2, 0.25) is 0 Å². The van der Waals surface area contributed by atoms with Gasteiger partial charge in [0.1, 0.15) is 0 Å². The van der Waals surface area contributed by atoms with Gasteiger partial charge in [-0.05, 0) is 61.8 Å². The van der Waals surface area contributed by atoms with Gasteiger partial charge in [-0.1, -0.05) is 73.5 Å². The molecule has 2 unspecified atom stereocenters. The number of benzene rings is 1. The van der Waals surface area contributed by atoms with Crippen LogP contribution in [0, 0.1) is 5.92 Å². The molecule has 24 heavy (non-hydrogen) atoms. The summed E-state index contributed by atoms with van der Waals surface area (Å²) < 4.78 is 1.21. The maximum absolute atomic E-state index is 3.62. The van der Waals surface area contributed by atoms with Crippen molar-refractivity contribution in [3.8, 4) is 0 Å². The Labute approximate surface area is 157 Å². The van der Waals surface area contributed by atoms with Crippen LogP contribution in [0.3, 0.4) is 0 Å². The van der Waals surface area contributed by atoms with E-state index in [9.17, 15) is 0 Å². The summed E-state index contributed by atoms with van der Waals surface area (Å²) in [6, 6.07) is 9.73. The van der Waals surface area contributed by atoms with Crippen molar-refractivity contribution < 1.29 is 0 Å². The standard InChI is InChI=1S/C22H34BrN/c1-18(20-10-7-11-21(23)16-20)17-24-15-6-5-12-22(24)14-13-19-8-3-2-4-9-19/h7,10-11,16,18-19,22H,2-6,8-9,12-15,17H2,1H3. The van der Waals surface area contributed by atoms with Gasteiger partial charge in [0.05, 0.1) is 0 Å². The summed E-state index contributed by atoms with van der Waals surface area (Å²) in [5.74, 6) is 1.66. The van der Waals surface area contributed by atoms with Crippen molar-refractivity contribution in [2.75, 3.05) is 13.1 Å². The van der Waals surface area contributed by atoms with E-state index in [0.717, 1.165) is 12.0 Å². The molecular weight excluding hydrogens is 358 g/mol. The Hall–Kier alpha value is -0.340. The molecule has 0 bridgehead atoms. The average molecular weight is 392 g/mol. The first-order chi connectivity index (χ1) is 11.7. The van der Waals surface area contributed by atoms with Crippen LogP contribution in [0.15, 0.2) is 28.7 Å². The molecule has 1 aliphatic heterocycles. The van der Waals surface area contributed by atoms with Crippen LogP contribution >= 0.6 is 15.9 Å². The summed E-state index contributed by atoms with van der Waals surface area (Å²) in [5, 5.41) is 0. The van der Waals surface area contributed by atoms with Crippen molar-refractivity contribution in [3.63, 3.8) is 0 Å². The Kier molecular flexibility index (Phi) is 7.21. The minimum atomic E-state index is 0.623. The third kappa shape index (κ3) is 5.33. The van der Waals surface area contributed by atoms with E-state index >= 15 is 0 Å². The van der Waals surface area contributed by atoms with Gasteiger partial charge in [0.25, 0.3) is 0 Å². The molecule has 1 aromatic rings. The molecule has 0 amide bonds. The van der Waals surface area contributed by atoms with Crippen molar-refractivity contribution in [3.05, 3.63) is 34.3 Å². The van der Waals surface area contributed by atoms with Crippen LogP contribution in [0.1, 0.15) is 82.6 Å². The van der Waals surface area contributed by atoms with E-state index < -0.39 is 0 Å². The van der Waals surface area contributed by atoms with Crippen molar-refractivity contribution in [1.29, 1.82) is 0 Å². The minimum absolute atomic E-state index is 0.623. The molecular formula is C22H34BrN. The molecule has 1 nitrogen and oxygen atoms in total. The van der Waals surface area contributed by atoms with Gasteiger partial charge in [-0.25, -0.2) is 0 Å². The van der Waals surface area contributed by atoms with Crippen molar-refractivity contribution in [2.45, 2.75) is 83.1 Å². The molecule has 2 atom stereocenters. The molecule has 0 radical (unpaired) electrons. The lowest BCUT2D eigenvalue weighted by Gasteiger charge is -2.38. The Bertz CT molecular complexity index is 494. The summed E-state index contributed by atoms with van der Waals surface area (Å²) >= 11 is 3.62. The number of hydrogen-bond acceptors (Lipinski definition) is 1. The van der Waals surface area contributed by atoms with E-state index in [0.29, 0.717) is 5.92 Å². The van der Waals surface area contributed by atoms with Gasteiger partial charge in [-0.15, -0.1) is 0 Å². The monoisotopic (exact) mass is 391 g/mol. The summed E-state index contributed by atoms with van der Waals surface area (Å²) in [5.41, 5.74) is 1.47. The minimum Gasteiger partial charge on any atom is -0.300 e. The molecule has 1 heterocycles. The SMILES string of the molecule is CC(CN1CCCCC1CCC1CCCCC1)c1cccc(Br)c1. The topological polar surface area (TPSA) is 3.24 Å². The maximum atomic E-state index is 3.62. The summed E-state index contributed by atoms with van der Waals surface area (Å²) in [6.45, 7) is 4.94. The molecule has 1 aliphatic carbocycles. The number of halogens is 1. The molecule has 3 rings (SSSR count). The average Bonchev–Trinajstić information content (AvgIpc) is 2.62. The van der Waals surface area contributed by atoms with Gasteiger partial charge >= 0.3 is 0 Å². The molecule has 2 aliphatic rings. The van der Waals surface area contributed by atoms with Crippen molar-refractivity contribution in [1.82, 2.24) is 4.90 Å². The third-order valence-electron chi connectivity index (χ3n) is 6.31. The molecule has 2 fully saturated rings. The quantitative estimate of drug-likeness (QED) is 0.516. The fraction of sp³-hybridized carbons (Fsp3) is 0.727. The zero-order chi connectivity index (χ0) is 16.8. The zero-order valence-electron chi connectivity index (χ0n) is 15.4. The molecule has 2 heteroatoms. The van der Waals surface area contributed by atoms with E-state index in [4.69, 9.17) is 0 Å². The van der Waals surface area contributed by atoms with Crippen LogP contribution in [0.5, 0.6) is 0 Å². The second kappa shape index (κ2) is 9.38. The molecule has 0 N–H and O–H groups in total. The summed E-state index contributed by atoms with van der Waals surface area (Å²) in [4.78, 5) is 2.82. The van der Waals surface area contributed by atoms with Crippen LogP contribution in [-0.2, 0) is 0 Å². The Morgan fingerprint density at radius 1 is 1.04 bits per heavy atom. The molecule has 1 saturated heterocycles. The number of likely N-dealkylation sites (tertiary alicyclic amines) is 1. The lowest BCUT2D eigenvalue weighted by molar-refractivity contribution is 0.124. The maximum Gasteiger partial charge on any atom is 0.0178 e. The predicted molar refractivity (Wildman–Crippen MR) is 108 cm³/mol. The van der Waals surface area contributed by atoms with E-state index in [-0.39, 0.29) is 0 Å². The number of piperidine rings is 1. The smallest absolute Gasteiger partial charge is 0.0178 e. The third-order valence-corrected chi connectivity index (χ3v) is 6.80. The highest BCUT2D eigenvalue weighted by Gasteiger charge is 2.25. The summed E-state index contributed by atoms with van der Waals surface area (Å²) in [6.07, 6.45) is 14.6. The van der Waals surface area contributed by atoms with E-state index in [2.05, 4.69) is 52.0 Å². The summed E-state index contributed by atoms with van der Waals surface area (Å²) in [7, 11) is 0. The number of rotatable bonds is 6. The van der Waals surface area contributed by atoms with E-state index in [1.54, 1.807) is 0 Å². The molecule has 1 saturated carbocycles. The normalized spacial score (nSPS) is 24.8. The highest BCUT2D eigenvalue weighted by molar-refractivity contribution is 9.10. The highest BCUT2D eigenvalue weighted by Crippen LogP contribution is 2.31. The predicted octanol–water partition coefficient (Wildman–Crippen LogP) is 6.77. The number of nitrogens with zero attached hydrogens (tertiary/aromatic N) is 1. The molecule has 0 spiro atoms. The lowest BCUT2D eigenvalue weighted by Crippen LogP contribution is -2.41. The Morgan fingerprint density at radius 2 is 1.83 bits per heavy atom. The van der Waals surface area contributed by atoms with Crippen LogP contribution in [0.2, 0.25) is 0 Å². The second-order valence-electron chi connectivity index (χ2n) is 8.18. The van der Waals surface area contributed by atoms with Crippen molar-refractivity contribution >= 4 is 15.9 Å². The Balaban J connectivity index is 1.53. The molecule has 0 aromatic heterocycles. The van der Waals surface area contributed by atoms with Gasteiger partial charge in [-0.2, -0.15) is 0 Å². The Morgan fingerprint density at radius 3 is 2.62 bits per heavy atom. The van der Waals surface area contributed by atoms with Gasteiger partial charge < -0.3 is 0 Å². The second-order valence-corrected chi connectivity index (χ2v) is 9.10. The van der Waals surface area contributed by atoms with Crippen LogP contribution in [-0.4, -0.2) is 24.0 Å². The van der Waals surface area contributed by atoms with Gasteiger partial charge in [-0.3, -0.25) is 4.90 Å². The fourth-order valence-electron chi connectivity index (χ4n) is 4.80. The van der Waals surface area contributed by atoms with Gasteiger partial charge in [0.15, 0.2) is 0 Å². The first-order valence-electron chi connectivity index (χ1n) is 10.2. The van der Waals surface area contributed by atoms with E-state index in [1.165, 1.54) is 87.3 Å². The first kappa shape index (κ1) is 18.5. The number of hydrogen-bond donors (Lipinski definition) is 0. The largest absolute Gasteiger partial charge is 0.300 e.